The molecule has 1 N–H and O–H groups in total. The molecule has 1 nitrogen and oxygen atoms in total. The number of benzene rings is 2. The van der Waals surface area contributed by atoms with Crippen LogP contribution in [0.15, 0.2) is 48.5 Å². The van der Waals surface area contributed by atoms with E-state index in [0.717, 1.165) is 23.4 Å². The Bertz CT molecular complexity index is 532. The Morgan fingerprint density at radius 1 is 0.895 bits per heavy atom. The lowest BCUT2D eigenvalue weighted by molar-refractivity contribution is 0.501. The van der Waals surface area contributed by atoms with E-state index in [1.54, 1.807) is 0 Å². The first-order chi connectivity index (χ1) is 8.95. The fraction of sp³-hybridized carbons (Fsp3) is 0.143. The van der Waals surface area contributed by atoms with Crippen molar-refractivity contribution in [3.63, 3.8) is 0 Å². The van der Waals surface area contributed by atoms with E-state index < -0.39 is 12.4 Å². The zero-order chi connectivity index (χ0) is 13.9. The van der Waals surface area contributed by atoms with Crippen LogP contribution in [0.5, 0.6) is 0 Å². The van der Waals surface area contributed by atoms with Crippen molar-refractivity contribution >= 4 is 18.1 Å². The smallest absolute Gasteiger partial charge is 0.445 e. The van der Waals surface area contributed by atoms with Crippen LogP contribution in [0, 0.1) is 6.92 Å². The van der Waals surface area contributed by atoms with Crippen molar-refractivity contribution in [1.82, 2.24) is 0 Å². The Labute approximate surface area is 110 Å². The normalized spacial score (nSPS) is 11.4. The largest absolute Gasteiger partial charge is 0.509 e. The molecule has 100 valence electrons. The van der Waals surface area contributed by atoms with Crippen molar-refractivity contribution in [1.29, 1.82) is 0 Å². The first kappa shape index (κ1) is 13.5. The Hall–Kier alpha value is -1.91. The van der Waals surface area contributed by atoms with Gasteiger partial charge in [0.1, 0.15) is 0 Å². The van der Waals surface area contributed by atoms with E-state index in [-0.39, 0.29) is 0 Å². The molecule has 19 heavy (non-hydrogen) atoms. The van der Waals surface area contributed by atoms with Crippen LogP contribution in [0.3, 0.4) is 0 Å². The molecule has 0 saturated heterocycles. The van der Waals surface area contributed by atoms with Gasteiger partial charge in [-0.25, -0.2) is 0 Å². The predicted molar refractivity (Wildman–Crippen MR) is 73.7 cm³/mol. The molecule has 0 spiro atoms. The summed E-state index contributed by atoms with van der Waals surface area (Å²) in [6.45, 7) is -2.39. The molecule has 0 heterocycles. The Morgan fingerprint density at radius 3 is 2.00 bits per heavy atom. The summed E-state index contributed by atoms with van der Waals surface area (Å²) in [6, 6.07) is 13.1. The number of hydrogen-bond acceptors (Lipinski definition) is 1. The molecule has 0 aliphatic heterocycles. The number of aryl methyl sites for hydroxylation is 1. The summed E-state index contributed by atoms with van der Waals surface area (Å²) in [6.07, 6.45) is 0. The zero-order valence-electron chi connectivity index (χ0n) is 10.5. The SMILES string of the molecule is Cc1ccc(NCc2ccc([B-](F)(F)F)cc2)cc1. The van der Waals surface area contributed by atoms with E-state index in [0.29, 0.717) is 6.54 Å². The minimum absolute atomic E-state index is 0.508. The van der Waals surface area contributed by atoms with Gasteiger partial charge >= 0.3 is 6.98 Å². The van der Waals surface area contributed by atoms with E-state index in [9.17, 15) is 12.9 Å². The van der Waals surface area contributed by atoms with E-state index in [2.05, 4.69) is 5.32 Å². The maximum atomic E-state index is 12.5. The Kier molecular flexibility index (Phi) is 3.83. The highest BCUT2D eigenvalue weighted by molar-refractivity contribution is 6.73. The predicted octanol–water partition coefficient (Wildman–Crippen LogP) is 3.66. The van der Waals surface area contributed by atoms with Crippen molar-refractivity contribution in [2.24, 2.45) is 0 Å². The summed E-state index contributed by atoms with van der Waals surface area (Å²) in [5, 5.41) is 3.17. The quantitative estimate of drug-likeness (QED) is 0.831. The molecule has 5 heteroatoms. The minimum atomic E-state index is -4.90. The number of rotatable bonds is 4. The molecule has 0 radical (unpaired) electrons. The molecule has 0 bridgehead atoms. The van der Waals surface area contributed by atoms with E-state index >= 15 is 0 Å². The van der Waals surface area contributed by atoms with Gasteiger partial charge in [0.15, 0.2) is 0 Å². The van der Waals surface area contributed by atoms with Crippen LogP contribution in [0.4, 0.5) is 18.6 Å². The van der Waals surface area contributed by atoms with E-state index in [1.165, 1.54) is 17.7 Å². The van der Waals surface area contributed by atoms with Crippen molar-refractivity contribution in [3.05, 3.63) is 59.7 Å². The Morgan fingerprint density at radius 2 is 1.47 bits per heavy atom. The van der Waals surface area contributed by atoms with Gasteiger partial charge in [-0.3, -0.25) is 0 Å². The highest BCUT2D eigenvalue weighted by atomic mass is 19.4. The first-order valence-corrected chi connectivity index (χ1v) is 6.04. The van der Waals surface area contributed by atoms with E-state index in [1.807, 2.05) is 31.2 Å². The lowest BCUT2D eigenvalue weighted by Gasteiger charge is -2.15. The van der Waals surface area contributed by atoms with Crippen LogP contribution in [0.1, 0.15) is 11.1 Å². The lowest BCUT2D eigenvalue weighted by atomic mass is 9.80. The highest BCUT2D eigenvalue weighted by Gasteiger charge is 2.24. The maximum absolute atomic E-state index is 12.5. The second kappa shape index (κ2) is 5.39. The molecule has 0 aromatic heterocycles. The third-order valence-corrected chi connectivity index (χ3v) is 2.91. The summed E-state index contributed by atoms with van der Waals surface area (Å²) in [7, 11) is 0. The van der Waals surface area contributed by atoms with Gasteiger partial charge in [0.2, 0.25) is 0 Å². The summed E-state index contributed by atoms with van der Waals surface area (Å²) in [4.78, 5) is 0. The number of hydrogen-bond donors (Lipinski definition) is 1. The standard InChI is InChI=1S/C14H14BF3N/c1-11-2-8-14(9-3-11)19-10-12-4-6-13(7-5-12)15(16,17)18/h2-9,19H,10H2,1H3/q-1. The van der Waals surface area contributed by atoms with Crippen molar-refractivity contribution in [2.75, 3.05) is 5.32 Å². The third-order valence-electron chi connectivity index (χ3n) is 2.91. The van der Waals surface area contributed by atoms with Gasteiger partial charge in [0.25, 0.3) is 0 Å². The van der Waals surface area contributed by atoms with Crippen LogP contribution < -0.4 is 10.8 Å². The first-order valence-electron chi connectivity index (χ1n) is 6.04. The van der Waals surface area contributed by atoms with Crippen LogP contribution in [-0.4, -0.2) is 6.98 Å². The molecule has 2 aromatic carbocycles. The van der Waals surface area contributed by atoms with Gasteiger partial charge in [0, 0.05) is 12.2 Å². The van der Waals surface area contributed by atoms with Crippen LogP contribution in [0.25, 0.3) is 0 Å². The molecule has 0 unspecified atom stereocenters. The van der Waals surface area contributed by atoms with Gasteiger partial charge < -0.3 is 18.3 Å². The number of nitrogens with one attached hydrogen (secondary N) is 1. The van der Waals surface area contributed by atoms with Gasteiger partial charge in [-0.15, -0.1) is 5.46 Å². The highest BCUT2D eigenvalue weighted by Crippen LogP contribution is 2.12. The summed E-state index contributed by atoms with van der Waals surface area (Å²) >= 11 is 0. The molecular weight excluding hydrogens is 250 g/mol. The molecule has 0 aliphatic rings. The third kappa shape index (κ3) is 3.78. The van der Waals surface area contributed by atoms with Crippen LogP contribution in [-0.2, 0) is 6.54 Å². The topological polar surface area (TPSA) is 12.0 Å². The van der Waals surface area contributed by atoms with Crippen molar-refractivity contribution in [3.8, 4) is 0 Å². The maximum Gasteiger partial charge on any atom is 0.509 e. The molecular formula is C14H14BF3N-. The van der Waals surface area contributed by atoms with Gasteiger partial charge in [-0.05, 0) is 24.6 Å². The van der Waals surface area contributed by atoms with Crippen molar-refractivity contribution in [2.45, 2.75) is 13.5 Å². The summed E-state index contributed by atoms with van der Waals surface area (Å²) < 4.78 is 37.4. The molecule has 0 amide bonds. The van der Waals surface area contributed by atoms with Gasteiger partial charge in [0.05, 0.1) is 0 Å². The lowest BCUT2D eigenvalue weighted by Crippen LogP contribution is -2.33. The fourth-order valence-electron chi connectivity index (χ4n) is 1.73. The molecule has 2 rings (SSSR count). The zero-order valence-corrected chi connectivity index (χ0v) is 10.5. The summed E-state index contributed by atoms with van der Waals surface area (Å²) in [5.41, 5.74) is 2.39. The summed E-state index contributed by atoms with van der Waals surface area (Å²) in [5.74, 6) is 0. The molecule has 2 aromatic rings. The average molecular weight is 264 g/mol. The second-order valence-corrected chi connectivity index (χ2v) is 4.54. The van der Waals surface area contributed by atoms with Gasteiger partial charge in [-0.1, -0.05) is 42.0 Å². The number of halogens is 3. The second-order valence-electron chi connectivity index (χ2n) is 4.54. The molecule has 0 atom stereocenters. The van der Waals surface area contributed by atoms with Crippen LogP contribution in [0.2, 0.25) is 0 Å². The minimum Gasteiger partial charge on any atom is -0.445 e. The fourth-order valence-corrected chi connectivity index (χ4v) is 1.73. The molecule has 0 saturated carbocycles. The monoisotopic (exact) mass is 264 g/mol. The van der Waals surface area contributed by atoms with Crippen molar-refractivity contribution < 1.29 is 12.9 Å². The Balaban J connectivity index is 1.98. The molecule has 0 aliphatic carbocycles. The average Bonchev–Trinajstić information content (AvgIpc) is 2.37. The van der Waals surface area contributed by atoms with Gasteiger partial charge in [-0.2, -0.15) is 0 Å². The van der Waals surface area contributed by atoms with E-state index in [4.69, 9.17) is 0 Å². The molecule has 0 fully saturated rings. The number of anilines is 1. The van der Waals surface area contributed by atoms with Crippen LogP contribution >= 0.6 is 0 Å².